The predicted octanol–water partition coefficient (Wildman–Crippen LogP) is 3.44. The average Bonchev–Trinajstić information content (AvgIpc) is 3.04. The molecule has 1 amide bonds. The first-order valence-electron chi connectivity index (χ1n) is 8.10. The summed E-state index contributed by atoms with van der Waals surface area (Å²) in [5, 5.41) is 2.95. The van der Waals surface area contributed by atoms with Crippen LogP contribution in [-0.4, -0.2) is 30.5 Å². The number of para-hydroxylation sites is 1. The Labute approximate surface area is 141 Å². The van der Waals surface area contributed by atoms with Gasteiger partial charge in [0, 0.05) is 12.2 Å². The Balaban J connectivity index is 1.67. The lowest BCUT2D eigenvalue weighted by Crippen LogP contribution is -2.39. The van der Waals surface area contributed by atoms with E-state index in [1.54, 1.807) is 6.07 Å². The maximum absolute atomic E-state index is 13.8. The third-order valence-electron chi connectivity index (χ3n) is 4.31. The van der Waals surface area contributed by atoms with Crippen LogP contribution >= 0.6 is 0 Å². The fourth-order valence-electron chi connectivity index (χ4n) is 3.10. The molecule has 5 heteroatoms. The normalized spacial score (nSPS) is 17.7. The zero-order valence-corrected chi connectivity index (χ0v) is 13.7. The van der Waals surface area contributed by atoms with Gasteiger partial charge in [-0.05, 0) is 49.2 Å². The van der Waals surface area contributed by atoms with Crippen LogP contribution in [0.2, 0.25) is 0 Å². The number of carbonyl (C=O) groups excluding carboxylic acids is 1. The number of benzene rings is 2. The second-order valence-corrected chi connectivity index (χ2v) is 5.95. The number of nitrogens with zero attached hydrogens (tertiary/aromatic N) is 1. The van der Waals surface area contributed by atoms with Gasteiger partial charge in [0.2, 0.25) is 5.91 Å². The second-order valence-electron chi connectivity index (χ2n) is 5.95. The molecule has 0 spiro atoms. The number of halogens is 1. The minimum Gasteiger partial charge on any atom is -0.494 e. The molecule has 0 radical (unpaired) electrons. The number of anilines is 1. The summed E-state index contributed by atoms with van der Waals surface area (Å²) in [7, 11) is 1.45. The van der Waals surface area contributed by atoms with E-state index in [-0.39, 0.29) is 23.5 Å². The van der Waals surface area contributed by atoms with Gasteiger partial charge in [-0.25, -0.2) is 4.39 Å². The largest absolute Gasteiger partial charge is 0.494 e. The first-order chi connectivity index (χ1) is 11.7. The van der Waals surface area contributed by atoms with Crippen LogP contribution in [0.3, 0.4) is 0 Å². The molecule has 2 aromatic rings. The van der Waals surface area contributed by atoms with E-state index < -0.39 is 0 Å². The summed E-state index contributed by atoms with van der Waals surface area (Å²) in [5.41, 5.74) is 1.64. The summed E-state index contributed by atoms with van der Waals surface area (Å²) in [5.74, 6) is -0.147. The van der Waals surface area contributed by atoms with Gasteiger partial charge >= 0.3 is 0 Å². The van der Waals surface area contributed by atoms with Crippen molar-refractivity contribution in [3.05, 3.63) is 59.9 Å². The number of carbonyl (C=O) groups is 1. The third kappa shape index (κ3) is 3.74. The Morgan fingerprint density at radius 3 is 2.79 bits per heavy atom. The van der Waals surface area contributed by atoms with Crippen molar-refractivity contribution in [1.82, 2.24) is 4.90 Å². The van der Waals surface area contributed by atoms with Crippen LogP contribution in [0.4, 0.5) is 10.1 Å². The van der Waals surface area contributed by atoms with Gasteiger partial charge in [-0.3, -0.25) is 9.69 Å². The van der Waals surface area contributed by atoms with E-state index >= 15 is 0 Å². The number of ether oxygens (including phenoxy) is 1. The first-order valence-corrected chi connectivity index (χ1v) is 8.10. The molecule has 3 rings (SSSR count). The van der Waals surface area contributed by atoms with E-state index in [1.165, 1.54) is 13.2 Å². The Bertz CT molecular complexity index is 706. The molecule has 0 saturated carbocycles. The number of methoxy groups -OCH3 is 1. The average molecular weight is 328 g/mol. The SMILES string of the molecule is COc1ccc(CN2CCC[C@@H]2C(=O)Nc2ccccc2)cc1F. The molecule has 0 aromatic heterocycles. The number of rotatable bonds is 5. The van der Waals surface area contributed by atoms with Crippen LogP contribution in [0.1, 0.15) is 18.4 Å². The van der Waals surface area contributed by atoms with E-state index in [4.69, 9.17) is 4.74 Å². The van der Waals surface area contributed by atoms with Gasteiger partial charge in [-0.1, -0.05) is 24.3 Å². The van der Waals surface area contributed by atoms with Crippen LogP contribution in [0.25, 0.3) is 0 Å². The van der Waals surface area contributed by atoms with Gasteiger partial charge in [-0.2, -0.15) is 0 Å². The fourth-order valence-corrected chi connectivity index (χ4v) is 3.10. The molecule has 1 aliphatic heterocycles. The summed E-state index contributed by atoms with van der Waals surface area (Å²) in [6.45, 7) is 1.38. The minimum atomic E-state index is -0.375. The topological polar surface area (TPSA) is 41.6 Å². The summed E-state index contributed by atoms with van der Waals surface area (Å²) in [6.07, 6.45) is 1.78. The van der Waals surface area contributed by atoms with Crippen molar-refractivity contribution >= 4 is 11.6 Å². The number of nitrogens with one attached hydrogen (secondary N) is 1. The number of likely N-dealkylation sites (tertiary alicyclic amines) is 1. The van der Waals surface area contributed by atoms with Crippen LogP contribution in [0.5, 0.6) is 5.75 Å². The minimum absolute atomic E-state index is 0.00677. The Kier molecular flexibility index (Phi) is 5.11. The highest BCUT2D eigenvalue weighted by atomic mass is 19.1. The molecule has 1 aliphatic rings. The van der Waals surface area contributed by atoms with E-state index in [0.29, 0.717) is 6.54 Å². The maximum atomic E-state index is 13.8. The number of amides is 1. The molecule has 126 valence electrons. The molecule has 1 saturated heterocycles. The molecular formula is C19H21FN2O2. The molecule has 0 unspecified atom stereocenters. The van der Waals surface area contributed by atoms with E-state index in [2.05, 4.69) is 10.2 Å². The Hall–Kier alpha value is -2.40. The highest BCUT2D eigenvalue weighted by Crippen LogP contribution is 2.24. The van der Waals surface area contributed by atoms with Crippen LogP contribution in [-0.2, 0) is 11.3 Å². The smallest absolute Gasteiger partial charge is 0.241 e. The predicted molar refractivity (Wildman–Crippen MR) is 91.5 cm³/mol. The zero-order chi connectivity index (χ0) is 16.9. The van der Waals surface area contributed by atoms with Gasteiger partial charge in [0.25, 0.3) is 0 Å². The lowest BCUT2D eigenvalue weighted by atomic mass is 10.1. The molecule has 1 N–H and O–H groups in total. The van der Waals surface area contributed by atoms with Gasteiger partial charge in [-0.15, -0.1) is 0 Å². The van der Waals surface area contributed by atoms with E-state index in [9.17, 15) is 9.18 Å². The lowest BCUT2D eigenvalue weighted by Gasteiger charge is -2.24. The molecule has 0 aliphatic carbocycles. The van der Waals surface area contributed by atoms with Crippen molar-refractivity contribution in [3.63, 3.8) is 0 Å². The molecule has 0 bridgehead atoms. The first kappa shape index (κ1) is 16.5. The number of hydrogen-bond acceptors (Lipinski definition) is 3. The summed E-state index contributed by atoms with van der Waals surface area (Å²) >= 11 is 0. The maximum Gasteiger partial charge on any atom is 0.241 e. The van der Waals surface area contributed by atoms with Gasteiger partial charge in [0.1, 0.15) is 0 Å². The highest BCUT2D eigenvalue weighted by molar-refractivity contribution is 5.94. The van der Waals surface area contributed by atoms with Crippen molar-refractivity contribution in [2.45, 2.75) is 25.4 Å². The summed E-state index contributed by atoms with van der Waals surface area (Å²) < 4.78 is 18.8. The number of hydrogen-bond donors (Lipinski definition) is 1. The molecule has 4 nitrogen and oxygen atoms in total. The lowest BCUT2D eigenvalue weighted by molar-refractivity contribution is -0.120. The molecular weight excluding hydrogens is 307 g/mol. The Morgan fingerprint density at radius 1 is 1.29 bits per heavy atom. The monoisotopic (exact) mass is 328 g/mol. The van der Waals surface area contributed by atoms with E-state index in [1.807, 2.05) is 36.4 Å². The molecule has 1 atom stereocenters. The molecule has 2 aromatic carbocycles. The summed E-state index contributed by atoms with van der Waals surface area (Å²) in [4.78, 5) is 14.6. The second kappa shape index (κ2) is 7.45. The van der Waals surface area contributed by atoms with Crippen molar-refractivity contribution < 1.29 is 13.9 Å². The fraction of sp³-hybridized carbons (Fsp3) is 0.316. The molecule has 24 heavy (non-hydrogen) atoms. The van der Waals surface area contributed by atoms with Gasteiger partial charge in [0.05, 0.1) is 13.2 Å². The molecule has 1 fully saturated rings. The summed E-state index contributed by atoms with van der Waals surface area (Å²) in [6, 6.07) is 14.2. The van der Waals surface area contributed by atoms with Gasteiger partial charge in [0.15, 0.2) is 11.6 Å². The third-order valence-corrected chi connectivity index (χ3v) is 4.31. The quantitative estimate of drug-likeness (QED) is 0.914. The van der Waals surface area contributed by atoms with Crippen LogP contribution < -0.4 is 10.1 Å². The Morgan fingerprint density at radius 2 is 2.08 bits per heavy atom. The van der Waals surface area contributed by atoms with Crippen LogP contribution in [0.15, 0.2) is 48.5 Å². The van der Waals surface area contributed by atoms with Crippen molar-refractivity contribution in [2.24, 2.45) is 0 Å². The standard InChI is InChI=1S/C19H21FN2O2/c1-24-18-10-9-14(12-16(18)20)13-22-11-5-8-17(22)19(23)21-15-6-3-2-4-7-15/h2-4,6-7,9-10,12,17H,5,8,11,13H2,1H3,(H,21,23)/t17-/m1/s1. The van der Waals surface area contributed by atoms with Crippen LogP contribution in [0, 0.1) is 5.82 Å². The highest BCUT2D eigenvalue weighted by Gasteiger charge is 2.30. The van der Waals surface area contributed by atoms with Crippen molar-refractivity contribution in [3.8, 4) is 5.75 Å². The van der Waals surface area contributed by atoms with E-state index in [0.717, 1.165) is 30.6 Å². The van der Waals surface area contributed by atoms with Gasteiger partial charge < -0.3 is 10.1 Å². The van der Waals surface area contributed by atoms with Crippen molar-refractivity contribution in [2.75, 3.05) is 19.0 Å². The zero-order valence-electron chi connectivity index (χ0n) is 13.7. The van der Waals surface area contributed by atoms with Crippen molar-refractivity contribution in [1.29, 1.82) is 0 Å². The molecule has 1 heterocycles.